The molecule has 0 saturated heterocycles. The highest BCUT2D eigenvalue weighted by Crippen LogP contribution is 2.38. The third-order valence-electron chi connectivity index (χ3n) is 5.27. The van der Waals surface area contributed by atoms with Gasteiger partial charge in [-0.1, -0.05) is 25.7 Å². The van der Waals surface area contributed by atoms with Gasteiger partial charge in [0.05, 0.1) is 5.41 Å². The van der Waals surface area contributed by atoms with Gasteiger partial charge in [0, 0.05) is 34.2 Å². The quantitative estimate of drug-likeness (QED) is 0.603. The minimum atomic E-state index is -0.242. The second-order valence-corrected chi connectivity index (χ2v) is 7.14. The molecule has 2 fully saturated rings. The molecule has 126 valence electrons. The number of guanidine groups is 1. The fraction of sp³-hybridized carbons (Fsp3) is 0.882. The van der Waals surface area contributed by atoms with E-state index in [1.165, 1.54) is 25.7 Å². The molecule has 0 aliphatic heterocycles. The average Bonchev–Trinajstić information content (AvgIpc) is 3.18. The van der Waals surface area contributed by atoms with E-state index in [0.717, 1.165) is 44.1 Å². The summed E-state index contributed by atoms with van der Waals surface area (Å²) in [5.41, 5.74) is -0.242. The summed E-state index contributed by atoms with van der Waals surface area (Å²) in [6.45, 7) is 1.68. The van der Waals surface area contributed by atoms with Crippen molar-refractivity contribution in [3.8, 4) is 0 Å². The monoisotopic (exact) mass is 308 g/mol. The van der Waals surface area contributed by atoms with E-state index in [1.54, 1.807) is 11.9 Å². The van der Waals surface area contributed by atoms with E-state index >= 15 is 0 Å². The van der Waals surface area contributed by atoms with Gasteiger partial charge in [-0.3, -0.25) is 9.79 Å². The van der Waals surface area contributed by atoms with Crippen LogP contribution in [0.4, 0.5) is 0 Å². The van der Waals surface area contributed by atoms with E-state index in [2.05, 4.69) is 15.6 Å². The van der Waals surface area contributed by atoms with Gasteiger partial charge in [-0.15, -0.1) is 0 Å². The van der Waals surface area contributed by atoms with Crippen LogP contribution in [-0.2, 0) is 4.79 Å². The Labute approximate surface area is 134 Å². The van der Waals surface area contributed by atoms with Gasteiger partial charge in [0.15, 0.2) is 5.96 Å². The van der Waals surface area contributed by atoms with Gasteiger partial charge in [-0.2, -0.15) is 0 Å². The van der Waals surface area contributed by atoms with Gasteiger partial charge < -0.3 is 15.5 Å². The summed E-state index contributed by atoms with van der Waals surface area (Å²) >= 11 is 0. The van der Waals surface area contributed by atoms with Crippen LogP contribution in [0.5, 0.6) is 0 Å². The van der Waals surface area contributed by atoms with Gasteiger partial charge in [0.25, 0.3) is 0 Å². The van der Waals surface area contributed by atoms with Crippen molar-refractivity contribution >= 4 is 11.9 Å². The van der Waals surface area contributed by atoms with Crippen molar-refractivity contribution in [3.63, 3.8) is 0 Å². The van der Waals surface area contributed by atoms with E-state index in [-0.39, 0.29) is 11.3 Å². The Balaban J connectivity index is 1.85. The van der Waals surface area contributed by atoms with Crippen LogP contribution < -0.4 is 10.6 Å². The highest BCUT2D eigenvalue weighted by atomic mass is 16.2. The van der Waals surface area contributed by atoms with Crippen molar-refractivity contribution in [1.29, 1.82) is 0 Å². The standard InChI is InChI=1S/C17H32N4O/c1-18-16(19-12-14-8-4-5-9-14)20-13-17(10-6-7-11-17)15(22)21(2)3/h14H,4-13H2,1-3H3,(H2,18,19,20). The Morgan fingerprint density at radius 1 is 1.14 bits per heavy atom. The number of aliphatic imine (C=N–C) groups is 1. The van der Waals surface area contributed by atoms with Gasteiger partial charge in [-0.05, 0) is 31.6 Å². The lowest BCUT2D eigenvalue weighted by atomic mass is 9.84. The maximum atomic E-state index is 12.6. The molecule has 2 aliphatic rings. The van der Waals surface area contributed by atoms with Crippen LogP contribution in [0.1, 0.15) is 51.4 Å². The van der Waals surface area contributed by atoms with Gasteiger partial charge in [0.2, 0.25) is 5.91 Å². The lowest BCUT2D eigenvalue weighted by molar-refractivity contribution is -0.138. The minimum Gasteiger partial charge on any atom is -0.356 e. The minimum absolute atomic E-state index is 0.242. The van der Waals surface area contributed by atoms with Crippen molar-refractivity contribution in [2.24, 2.45) is 16.3 Å². The second kappa shape index (κ2) is 7.84. The second-order valence-electron chi connectivity index (χ2n) is 7.14. The molecule has 0 unspecified atom stereocenters. The molecule has 2 aliphatic carbocycles. The van der Waals surface area contributed by atoms with E-state index in [0.29, 0.717) is 6.54 Å². The van der Waals surface area contributed by atoms with Crippen LogP contribution in [0.15, 0.2) is 4.99 Å². The lowest BCUT2D eigenvalue weighted by Crippen LogP contribution is -2.49. The summed E-state index contributed by atoms with van der Waals surface area (Å²) in [7, 11) is 5.52. The third-order valence-corrected chi connectivity index (χ3v) is 5.27. The van der Waals surface area contributed by atoms with Gasteiger partial charge >= 0.3 is 0 Å². The molecule has 0 heterocycles. The normalized spacial score (nSPS) is 21.9. The molecule has 0 aromatic carbocycles. The van der Waals surface area contributed by atoms with Gasteiger partial charge in [0.1, 0.15) is 0 Å². The number of nitrogens with zero attached hydrogens (tertiary/aromatic N) is 2. The number of hydrogen-bond donors (Lipinski definition) is 2. The van der Waals surface area contributed by atoms with Crippen LogP contribution >= 0.6 is 0 Å². The molecule has 22 heavy (non-hydrogen) atoms. The maximum absolute atomic E-state index is 12.6. The fourth-order valence-electron chi connectivity index (χ4n) is 3.92. The van der Waals surface area contributed by atoms with Crippen LogP contribution in [0.25, 0.3) is 0 Å². The first kappa shape index (κ1) is 17.1. The maximum Gasteiger partial charge on any atom is 0.230 e. The third kappa shape index (κ3) is 4.14. The number of carbonyl (C=O) groups is 1. The van der Waals surface area contributed by atoms with Crippen LogP contribution in [-0.4, -0.2) is 51.0 Å². The average molecular weight is 308 g/mol. The molecule has 2 saturated carbocycles. The molecule has 0 bridgehead atoms. The molecule has 2 rings (SSSR count). The van der Waals surface area contributed by atoms with Crippen molar-refractivity contribution in [3.05, 3.63) is 0 Å². The molecule has 0 aromatic heterocycles. The summed E-state index contributed by atoms with van der Waals surface area (Å²) in [4.78, 5) is 18.6. The fourth-order valence-corrected chi connectivity index (χ4v) is 3.92. The number of nitrogens with one attached hydrogen (secondary N) is 2. The molecule has 0 spiro atoms. The zero-order valence-electron chi connectivity index (χ0n) is 14.5. The Morgan fingerprint density at radius 3 is 2.32 bits per heavy atom. The van der Waals surface area contributed by atoms with Crippen molar-refractivity contribution in [1.82, 2.24) is 15.5 Å². The van der Waals surface area contributed by atoms with E-state index in [4.69, 9.17) is 0 Å². The molecular weight excluding hydrogens is 276 g/mol. The molecule has 2 N–H and O–H groups in total. The molecule has 0 radical (unpaired) electrons. The molecule has 5 nitrogen and oxygen atoms in total. The Kier molecular flexibility index (Phi) is 6.09. The van der Waals surface area contributed by atoms with E-state index < -0.39 is 0 Å². The number of rotatable bonds is 5. The molecular formula is C17H32N4O. The summed E-state index contributed by atoms with van der Waals surface area (Å²) in [5.74, 6) is 1.87. The summed E-state index contributed by atoms with van der Waals surface area (Å²) in [6.07, 6.45) is 9.63. The Bertz CT molecular complexity index is 393. The number of hydrogen-bond acceptors (Lipinski definition) is 2. The lowest BCUT2D eigenvalue weighted by Gasteiger charge is -2.31. The predicted octanol–water partition coefficient (Wildman–Crippen LogP) is 1.99. The van der Waals surface area contributed by atoms with E-state index in [9.17, 15) is 4.79 Å². The SMILES string of the molecule is CN=C(NCC1CCCC1)NCC1(C(=O)N(C)C)CCCC1. The first-order chi connectivity index (χ1) is 10.6. The first-order valence-electron chi connectivity index (χ1n) is 8.74. The van der Waals surface area contributed by atoms with Gasteiger partial charge in [-0.25, -0.2) is 0 Å². The zero-order valence-corrected chi connectivity index (χ0v) is 14.5. The van der Waals surface area contributed by atoms with E-state index in [1.807, 2.05) is 14.1 Å². The topological polar surface area (TPSA) is 56.7 Å². The zero-order chi connectivity index (χ0) is 16.0. The highest BCUT2D eigenvalue weighted by Gasteiger charge is 2.42. The number of carbonyl (C=O) groups excluding carboxylic acids is 1. The Hall–Kier alpha value is -1.26. The van der Waals surface area contributed by atoms with Crippen molar-refractivity contribution in [2.45, 2.75) is 51.4 Å². The summed E-state index contributed by atoms with van der Waals surface area (Å²) < 4.78 is 0. The summed E-state index contributed by atoms with van der Waals surface area (Å²) in [5, 5.41) is 6.84. The summed E-state index contributed by atoms with van der Waals surface area (Å²) in [6, 6.07) is 0. The Morgan fingerprint density at radius 2 is 1.77 bits per heavy atom. The molecule has 0 atom stereocenters. The number of amides is 1. The smallest absolute Gasteiger partial charge is 0.230 e. The first-order valence-corrected chi connectivity index (χ1v) is 8.74. The molecule has 1 amide bonds. The van der Waals surface area contributed by atoms with Crippen LogP contribution in [0.3, 0.4) is 0 Å². The highest BCUT2D eigenvalue weighted by molar-refractivity contribution is 5.85. The van der Waals surface area contributed by atoms with Crippen molar-refractivity contribution < 1.29 is 4.79 Å². The largest absolute Gasteiger partial charge is 0.356 e. The molecule has 0 aromatic rings. The molecule has 5 heteroatoms. The van der Waals surface area contributed by atoms with Crippen LogP contribution in [0, 0.1) is 11.3 Å². The van der Waals surface area contributed by atoms with Crippen molar-refractivity contribution in [2.75, 3.05) is 34.2 Å². The predicted molar refractivity (Wildman–Crippen MR) is 90.9 cm³/mol. The van der Waals surface area contributed by atoms with Crippen LogP contribution in [0.2, 0.25) is 0 Å².